The van der Waals surface area contributed by atoms with Crippen molar-refractivity contribution in [3.8, 4) is 0 Å². The number of likely N-dealkylation sites (N-methyl/N-ethyl adjacent to an activating group) is 1. The summed E-state index contributed by atoms with van der Waals surface area (Å²) in [5, 5.41) is 1.34. The van der Waals surface area contributed by atoms with E-state index in [1.807, 2.05) is 0 Å². The Hall–Kier alpha value is -1.32. The summed E-state index contributed by atoms with van der Waals surface area (Å²) < 4.78 is 2.21. The highest BCUT2D eigenvalue weighted by Crippen LogP contribution is 2.17. The van der Waals surface area contributed by atoms with Gasteiger partial charge < -0.3 is 14.4 Å². The molecule has 1 aromatic carbocycles. The maximum atomic E-state index is 2.60. The predicted octanol–water partition coefficient (Wildman–Crippen LogP) is 2.36. The fraction of sp³-hybridized carbons (Fsp3) is 0.529. The average Bonchev–Trinajstić information content (AvgIpc) is 2.83. The van der Waals surface area contributed by atoms with Crippen LogP contribution in [0, 0.1) is 0 Å². The molecule has 0 unspecified atom stereocenters. The second-order valence-electron chi connectivity index (χ2n) is 6.07. The Labute approximate surface area is 121 Å². The van der Waals surface area contributed by atoms with Gasteiger partial charge in [-0.25, -0.2) is 0 Å². The summed E-state index contributed by atoms with van der Waals surface area (Å²) in [7, 11) is 4.34. The minimum Gasteiger partial charge on any atom is -0.351 e. The van der Waals surface area contributed by atoms with E-state index in [0.29, 0.717) is 0 Å². The fourth-order valence-electron chi connectivity index (χ4n) is 3.04. The van der Waals surface area contributed by atoms with Crippen LogP contribution in [-0.2, 0) is 13.5 Å². The van der Waals surface area contributed by atoms with E-state index in [2.05, 4.69) is 58.9 Å². The summed E-state index contributed by atoms with van der Waals surface area (Å²) >= 11 is 0. The molecule has 2 heterocycles. The van der Waals surface area contributed by atoms with E-state index in [1.54, 1.807) is 0 Å². The Morgan fingerprint density at radius 3 is 2.60 bits per heavy atom. The molecule has 0 spiro atoms. The maximum Gasteiger partial charge on any atom is 0.0480 e. The number of nitrogens with zero attached hydrogens (tertiary/aromatic N) is 3. The average molecular weight is 271 g/mol. The SMILES string of the molecule is CN1CCN(CCCc2ccc3ccn(C)c3c2)CC1. The van der Waals surface area contributed by atoms with Crippen molar-refractivity contribution >= 4 is 10.9 Å². The summed E-state index contributed by atoms with van der Waals surface area (Å²) in [5.74, 6) is 0. The molecule has 1 aliphatic rings. The van der Waals surface area contributed by atoms with Crippen LogP contribution in [0.5, 0.6) is 0 Å². The summed E-state index contributed by atoms with van der Waals surface area (Å²) in [5.41, 5.74) is 2.82. The Bertz CT molecular complexity index is 565. The van der Waals surface area contributed by atoms with E-state index in [9.17, 15) is 0 Å². The molecule has 1 aromatic heterocycles. The Balaban J connectivity index is 1.53. The lowest BCUT2D eigenvalue weighted by Gasteiger charge is -2.32. The highest BCUT2D eigenvalue weighted by molar-refractivity contribution is 5.80. The van der Waals surface area contributed by atoms with E-state index < -0.39 is 0 Å². The molecule has 1 fully saturated rings. The van der Waals surface area contributed by atoms with Crippen molar-refractivity contribution < 1.29 is 0 Å². The van der Waals surface area contributed by atoms with Gasteiger partial charge in [0.15, 0.2) is 0 Å². The molecular formula is C17H25N3. The van der Waals surface area contributed by atoms with Crippen molar-refractivity contribution in [2.75, 3.05) is 39.8 Å². The van der Waals surface area contributed by atoms with E-state index in [0.717, 1.165) is 0 Å². The number of piperazine rings is 1. The summed E-state index contributed by atoms with van der Waals surface area (Å²) in [6, 6.07) is 9.06. The first kappa shape index (κ1) is 13.7. The first-order chi connectivity index (χ1) is 9.72. The third-order valence-electron chi connectivity index (χ3n) is 4.49. The molecule has 0 radical (unpaired) electrons. The van der Waals surface area contributed by atoms with Crippen LogP contribution in [0.15, 0.2) is 30.5 Å². The lowest BCUT2D eigenvalue weighted by atomic mass is 10.1. The normalized spacial score (nSPS) is 17.9. The minimum atomic E-state index is 1.19. The molecule has 0 amide bonds. The third kappa shape index (κ3) is 3.05. The number of fused-ring (bicyclic) bond motifs is 1. The second-order valence-corrected chi connectivity index (χ2v) is 6.07. The molecule has 20 heavy (non-hydrogen) atoms. The molecule has 1 aliphatic heterocycles. The first-order valence-electron chi connectivity index (χ1n) is 7.67. The zero-order valence-electron chi connectivity index (χ0n) is 12.7. The quantitative estimate of drug-likeness (QED) is 0.846. The first-order valence-corrected chi connectivity index (χ1v) is 7.67. The monoisotopic (exact) mass is 271 g/mol. The lowest BCUT2D eigenvalue weighted by Crippen LogP contribution is -2.44. The molecule has 3 nitrogen and oxygen atoms in total. The Morgan fingerprint density at radius 2 is 1.80 bits per heavy atom. The van der Waals surface area contributed by atoms with Crippen LogP contribution >= 0.6 is 0 Å². The highest BCUT2D eigenvalue weighted by Gasteiger charge is 2.12. The van der Waals surface area contributed by atoms with Crippen LogP contribution in [-0.4, -0.2) is 54.1 Å². The van der Waals surface area contributed by atoms with Crippen LogP contribution in [0.1, 0.15) is 12.0 Å². The minimum absolute atomic E-state index is 1.19. The topological polar surface area (TPSA) is 11.4 Å². The second kappa shape index (κ2) is 5.98. The van der Waals surface area contributed by atoms with Gasteiger partial charge in [0.1, 0.15) is 0 Å². The smallest absolute Gasteiger partial charge is 0.0480 e. The van der Waals surface area contributed by atoms with Crippen molar-refractivity contribution in [3.05, 3.63) is 36.0 Å². The molecule has 2 aromatic rings. The van der Waals surface area contributed by atoms with Gasteiger partial charge in [-0.15, -0.1) is 0 Å². The number of hydrogen-bond donors (Lipinski definition) is 0. The van der Waals surface area contributed by atoms with E-state index in [-0.39, 0.29) is 0 Å². The summed E-state index contributed by atoms with van der Waals surface area (Å²) in [6.07, 6.45) is 4.59. The zero-order valence-corrected chi connectivity index (χ0v) is 12.7. The third-order valence-corrected chi connectivity index (χ3v) is 4.49. The Morgan fingerprint density at radius 1 is 1.00 bits per heavy atom. The van der Waals surface area contributed by atoms with E-state index >= 15 is 0 Å². The number of hydrogen-bond acceptors (Lipinski definition) is 2. The van der Waals surface area contributed by atoms with Crippen molar-refractivity contribution in [2.45, 2.75) is 12.8 Å². The van der Waals surface area contributed by atoms with Crippen LogP contribution in [0.2, 0.25) is 0 Å². The maximum absolute atomic E-state index is 2.60. The summed E-state index contributed by atoms with van der Waals surface area (Å²) in [4.78, 5) is 5.01. The highest BCUT2D eigenvalue weighted by atomic mass is 15.2. The molecule has 0 aliphatic carbocycles. The molecule has 0 atom stereocenters. The van der Waals surface area contributed by atoms with Gasteiger partial charge >= 0.3 is 0 Å². The van der Waals surface area contributed by atoms with Crippen molar-refractivity contribution in [1.82, 2.24) is 14.4 Å². The van der Waals surface area contributed by atoms with Gasteiger partial charge in [0.2, 0.25) is 0 Å². The molecule has 1 saturated heterocycles. The fourth-order valence-corrected chi connectivity index (χ4v) is 3.04. The Kier molecular flexibility index (Phi) is 4.08. The van der Waals surface area contributed by atoms with Crippen LogP contribution in [0.25, 0.3) is 10.9 Å². The van der Waals surface area contributed by atoms with Crippen molar-refractivity contribution in [2.24, 2.45) is 7.05 Å². The number of rotatable bonds is 4. The van der Waals surface area contributed by atoms with Gasteiger partial charge in [-0.05, 0) is 49.5 Å². The van der Waals surface area contributed by atoms with Gasteiger partial charge in [-0.1, -0.05) is 12.1 Å². The van der Waals surface area contributed by atoms with E-state index in [1.165, 1.54) is 62.0 Å². The zero-order chi connectivity index (χ0) is 13.9. The number of aryl methyl sites for hydroxylation is 2. The largest absolute Gasteiger partial charge is 0.351 e. The number of aromatic nitrogens is 1. The van der Waals surface area contributed by atoms with Crippen LogP contribution in [0.3, 0.4) is 0 Å². The molecule has 0 N–H and O–H groups in total. The van der Waals surface area contributed by atoms with Crippen molar-refractivity contribution in [3.63, 3.8) is 0 Å². The molecular weight excluding hydrogens is 246 g/mol. The van der Waals surface area contributed by atoms with Crippen molar-refractivity contribution in [1.29, 1.82) is 0 Å². The van der Waals surface area contributed by atoms with E-state index in [4.69, 9.17) is 0 Å². The van der Waals surface area contributed by atoms with Crippen LogP contribution < -0.4 is 0 Å². The van der Waals surface area contributed by atoms with Gasteiger partial charge in [0.25, 0.3) is 0 Å². The summed E-state index contributed by atoms with van der Waals surface area (Å²) in [6.45, 7) is 6.13. The number of benzene rings is 1. The molecule has 108 valence electrons. The van der Waals surface area contributed by atoms with Gasteiger partial charge in [0, 0.05) is 44.9 Å². The standard InChI is InChI=1S/C17H25N3/c1-18-10-12-20(13-11-18)8-3-4-15-5-6-16-7-9-19(2)17(16)14-15/h5-7,9,14H,3-4,8,10-13H2,1-2H3. The van der Waals surface area contributed by atoms with Gasteiger partial charge in [0.05, 0.1) is 0 Å². The predicted molar refractivity (Wildman–Crippen MR) is 85.2 cm³/mol. The molecule has 0 bridgehead atoms. The van der Waals surface area contributed by atoms with Gasteiger partial charge in [-0.3, -0.25) is 0 Å². The molecule has 0 saturated carbocycles. The van der Waals surface area contributed by atoms with Crippen LogP contribution in [0.4, 0.5) is 0 Å². The lowest BCUT2D eigenvalue weighted by molar-refractivity contribution is 0.153. The molecule has 3 rings (SSSR count). The van der Waals surface area contributed by atoms with Gasteiger partial charge in [-0.2, -0.15) is 0 Å². The molecule has 3 heteroatoms.